The molecule has 3 N–H and O–H groups in total. The monoisotopic (exact) mass is 265 g/mol. The Morgan fingerprint density at radius 3 is 2.64 bits per heavy atom. The first-order valence-electron chi connectivity index (χ1n) is 4.04. The lowest BCUT2D eigenvalue weighted by atomic mass is 10.1. The lowest BCUT2D eigenvalue weighted by molar-refractivity contribution is 0.449. The first kappa shape index (κ1) is 11.4. The largest absolute Gasteiger partial charge is 0.507 e. The van der Waals surface area contributed by atoms with Gasteiger partial charge in [0.1, 0.15) is 17.4 Å². The first-order valence-corrected chi connectivity index (χ1v) is 4.83. The Morgan fingerprint density at radius 2 is 2.14 bits per heavy atom. The van der Waals surface area contributed by atoms with E-state index >= 15 is 0 Å². The topological polar surface area (TPSA) is 46.2 Å². The molecule has 5 heteroatoms. The summed E-state index contributed by atoms with van der Waals surface area (Å²) in [4.78, 5) is 0. The van der Waals surface area contributed by atoms with E-state index in [4.69, 9.17) is 10.8 Å². The van der Waals surface area contributed by atoms with Gasteiger partial charge in [-0.25, -0.2) is 8.78 Å². The molecule has 0 aliphatic rings. The van der Waals surface area contributed by atoms with E-state index in [0.29, 0.717) is 0 Å². The highest BCUT2D eigenvalue weighted by molar-refractivity contribution is 9.10. The normalized spacial score (nSPS) is 12.9. The summed E-state index contributed by atoms with van der Waals surface area (Å²) in [7, 11) is 0. The Bertz CT molecular complexity index is 355. The third-order valence-electron chi connectivity index (χ3n) is 1.76. The van der Waals surface area contributed by atoms with Crippen molar-refractivity contribution < 1.29 is 13.9 Å². The second kappa shape index (κ2) is 4.23. The van der Waals surface area contributed by atoms with Gasteiger partial charge in [-0.2, -0.15) is 0 Å². The van der Waals surface area contributed by atoms with Gasteiger partial charge in [-0.15, -0.1) is 0 Å². The van der Waals surface area contributed by atoms with Crippen LogP contribution in [0.5, 0.6) is 5.75 Å². The van der Waals surface area contributed by atoms with Gasteiger partial charge >= 0.3 is 0 Å². The summed E-state index contributed by atoms with van der Waals surface area (Å²) in [5.74, 6) is -2.02. The molecule has 14 heavy (non-hydrogen) atoms. The molecule has 0 saturated carbocycles. The smallest absolute Gasteiger partial charge is 0.147 e. The molecular weight excluding hydrogens is 256 g/mol. The zero-order chi connectivity index (χ0) is 10.9. The second-order valence-corrected chi connectivity index (χ2v) is 3.96. The van der Waals surface area contributed by atoms with E-state index in [2.05, 4.69) is 15.9 Å². The molecular formula is C9H10BrF2NO. The minimum absolute atomic E-state index is 0.0938. The fourth-order valence-electron chi connectivity index (χ4n) is 1.13. The summed E-state index contributed by atoms with van der Waals surface area (Å²) in [6, 6.07) is 0.528. The summed E-state index contributed by atoms with van der Waals surface area (Å²) in [5.41, 5.74) is 5.33. The molecule has 0 bridgehead atoms. The summed E-state index contributed by atoms with van der Waals surface area (Å²) in [6.45, 7) is 1.65. The van der Waals surface area contributed by atoms with E-state index in [1.807, 2.05) is 0 Å². The number of phenolic OH excluding ortho intramolecular Hbond substituents is 1. The molecule has 0 spiro atoms. The number of rotatable bonds is 2. The Morgan fingerprint density at radius 1 is 1.57 bits per heavy atom. The van der Waals surface area contributed by atoms with Gasteiger partial charge in [0.2, 0.25) is 0 Å². The molecule has 1 aromatic rings. The SMILES string of the molecule is CC(N)Cc1c(F)cc(O)c(Br)c1F. The molecule has 0 aliphatic carbocycles. The minimum Gasteiger partial charge on any atom is -0.507 e. The lowest BCUT2D eigenvalue weighted by Crippen LogP contribution is -2.19. The van der Waals surface area contributed by atoms with Crippen LogP contribution in [0.4, 0.5) is 8.78 Å². The number of halogens is 3. The first-order chi connectivity index (χ1) is 6.43. The van der Waals surface area contributed by atoms with Crippen LogP contribution in [-0.4, -0.2) is 11.1 Å². The highest BCUT2D eigenvalue weighted by Crippen LogP contribution is 2.31. The molecule has 0 aromatic heterocycles. The lowest BCUT2D eigenvalue weighted by Gasteiger charge is -2.10. The van der Waals surface area contributed by atoms with Crippen LogP contribution in [0.1, 0.15) is 12.5 Å². The number of hydrogen-bond donors (Lipinski definition) is 2. The van der Waals surface area contributed by atoms with Gasteiger partial charge in [-0.3, -0.25) is 0 Å². The Balaban J connectivity index is 3.22. The fraction of sp³-hybridized carbons (Fsp3) is 0.333. The van der Waals surface area contributed by atoms with Crippen LogP contribution in [0.25, 0.3) is 0 Å². The molecule has 0 amide bonds. The molecule has 1 rings (SSSR count). The van der Waals surface area contributed by atoms with Gasteiger partial charge in [0.15, 0.2) is 0 Å². The molecule has 78 valence electrons. The van der Waals surface area contributed by atoms with Crippen LogP contribution in [0.2, 0.25) is 0 Å². The van der Waals surface area contributed by atoms with E-state index < -0.39 is 17.4 Å². The second-order valence-electron chi connectivity index (χ2n) is 3.17. The van der Waals surface area contributed by atoms with Gasteiger partial charge in [0, 0.05) is 17.7 Å². The zero-order valence-corrected chi connectivity index (χ0v) is 9.11. The van der Waals surface area contributed by atoms with Gasteiger partial charge in [-0.05, 0) is 29.3 Å². The van der Waals surface area contributed by atoms with Crippen LogP contribution < -0.4 is 5.73 Å². The fourth-order valence-corrected chi connectivity index (χ4v) is 1.48. The van der Waals surface area contributed by atoms with E-state index in [0.717, 1.165) is 6.07 Å². The molecule has 2 nitrogen and oxygen atoms in total. The van der Waals surface area contributed by atoms with E-state index in [1.54, 1.807) is 6.92 Å². The predicted octanol–water partition coefficient (Wildman–Crippen LogP) is 2.32. The minimum atomic E-state index is -0.792. The Hall–Kier alpha value is -0.680. The molecule has 1 aromatic carbocycles. The summed E-state index contributed by atoms with van der Waals surface area (Å²) < 4.78 is 26.4. The van der Waals surface area contributed by atoms with Crippen molar-refractivity contribution in [1.82, 2.24) is 0 Å². The molecule has 0 aliphatic heterocycles. The summed E-state index contributed by atoms with van der Waals surface area (Å²) >= 11 is 2.82. The van der Waals surface area contributed by atoms with Gasteiger partial charge in [0.05, 0.1) is 4.47 Å². The van der Waals surface area contributed by atoms with Crippen molar-refractivity contribution in [2.45, 2.75) is 19.4 Å². The van der Waals surface area contributed by atoms with Crippen molar-refractivity contribution in [3.63, 3.8) is 0 Å². The molecule has 0 radical (unpaired) electrons. The standard InChI is InChI=1S/C9H10BrF2NO/c1-4(13)2-5-6(11)3-7(14)8(10)9(5)12/h3-4,14H,2,13H2,1H3. The number of phenols is 1. The van der Waals surface area contributed by atoms with E-state index in [9.17, 15) is 8.78 Å². The Kier molecular flexibility index (Phi) is 3.44. The van der Waals surface area contributed by atoms with Crippen molar-refractivity contribution in [3.8, 4) is 5.75 Å². The van der Waals surface area contributed by atoms with Gasteiger partial charge in [0.25, 0.3) is 0 Å². The van der Waals surface area contributed by atoms with Gasteiger partial charge in [-0.1, -0.05) is 0 Å². The molecule has 0 saturated heterocycles. The third-order valence-corrected chi connectivity index (χ3v) is 2.51. The van der Waals surface area contributed by atoms with Crippen LogP contribution >= 0.6 is 15.9 Å². The van der Waals surface area contributed by atoms with Crippen molar-refractivity contribution in [1.29, 1.82) is 0 Å². The maximum absolute atomic E-state index is 13.4. The highest BCUT2D eigenvalue weighted by atomic mass is 79.9. The van der Waals surface area contributed by atoms with Crippen molar-refractivity contribution >= 4 is 15.9 Å². The highest BCUT2D eigenvalue weighted by Gasteiger charge is 2.17. The zero-order valence-electron chi connectivity index (χ0n) is 7.52. The maximum Gasteiger partial charge on any atom is 0.147 e. The van der Waals surface area contributed by atoms with Crippen molar-refractivity contribution in [2.24, 2.45) is 5.73 Å². The van der Waals surface area contributed by atoms with E-state index in [1.165, 1.54) is 0 Å². The quantitative estimate of drug-likeness (QED) is 0.807. The van der Waals surface area contributed by atoms with Crippen molar-refractivity contribution in [3.05, 3.63) is 27.7 Å². The van der Waals surface area contributed by atoms with Gasteiger partial charge < -0.3 is 10.8 Å². The number of nitrogens with two attached hydrogens (primary N) is 1. The van der Waals surface area contributed by atoms with E-state index in [-0.39, 0.29) is 22.5 Å². The summed E-state index contributed by atoms with van der Waals surface area (Å²) in [6.07, 6.45) is 0.0938. The number of hydrogen-bond acceptors (Lipinski definition) is 2. The molecule has 1 unspecified atom stereocenters. The Labute approximate surface area is 88.9 Å². The molecule has 1 atom stereocenters. The van der Waals surface area contributed by atoms with Crippen LogP contribution in [-0.2, 0) is 6.42 Å². The molecule has 0 fully saturated rings. The predicted molar refractivity (Wildman–Crippen MR) is 53.1 cm³/mol. The number of aromatic hydroxyl groups is 1. The number of benzene rings is 1. The maximum atomic E-state index is 13.4. The van der Waals surface area contributed by atoms with Crippen LogP contribution in [0.3, 0.4) is 0 Å². The average Bonchev–Trinajstić information content (AvgIpc) is 2.09. The molecule has 0 heterocycles. The van der Waals surface area contributed by atoms with Crippen molar-refractivity contribution in [2.75, 3.05) is 0 Å². The van der Waals surface area contributed by atoms with Crippen LogP contribution in [0.15, 0.2) is 10.5 Å². The summed E-state index contributed by atoms with van der Waals surface area (Å²) in [5, 5.41) is 9.08. The third kappa shape index (κ3) is 2.22. The van der Waals surface area contributed by atoms with Crippen LogP contribution in [0, 0.1) is 11.6 Å². The average molecular weight is 266 g/mol.